The number of nitrogens with zero attached hydrogens (tertiary/aromatic N) is 1. The quantitative estimate of drug-likeness (QED) is 0.860. The molecule has 0 amide bonds. The maximum Gasteiger partial charge on any atom is 0.263 e. The smallest absolute Gasteiger partial charge is 0.263 e. The second kappa shape index (κ2) is 5.90. The zero-order valence-electron chi connectivity index (χ0n) is 11.4. The summed E-state index contributed by atoms with van der Waals surface area (Å²) in [4.78, 5) is 15.2. The van der Waals surface area contributed by atoms with Crippen LogP contribution in [0, 0.1) is 0 Å². The molecule has 8 heteroatoms. The normalized spacial score (nSPS) is 11.2. The molecular weight excluding hydrogens is 358 g/mol. The van der Waals surface area contributed by atoms with E-state index in [4.69, 9.17) is 0 Å². The first-order valence-corrected chi connectivity index (χ1v) is 8.25. The molecule has 0 spiro atoms. The highest BCUT2D eigenvalue weighted by atomic mass is 79.9. The molecule has 1 aromatic heterocycles. The van der Waals surface area contributed by atoms with Crippen LogP contribution in [0.25, 0.3) is 0 Å². The first kappa shape index (κ1) is 15.6. The van der Waals surface area contributed by atoms with Gasteiger partial charge in [0.05, 0.1) is 11.4 Å². The molecule has 0 atom stereocenters. The minimum Gasteiger partial charge on any atom is -0.376 e. The molecule has 0 fully saturated rings. The van der Waals surface area contributed by atoms with E-state index in [2.05, 4.69) is 25.6 Å². The van der Waals surface area contributed by atoms with Crippen LogP contribution in [0.5, 0.6) is 0 Å². The van der Waals surface area contributed by atoms with Crippen molar-refractivity contribution in [1.29, 1.82) is 0 Å². The van der Waals surface area contributed by atoms with E-state index in [0.717, 1.165) is 16.4 Å². The van der Waals surface area contributed by atoms with Crippen molar-refractivity contribution in [3.05, 3.63) is 51.4 Å². The van der Waals surface area contributed by atoms with Crippen LogP contribution in [0.4, 0.5) is 11.4 Å². The first-order valence-electron chi connectivity index (χ1n) is 5.98. The standard InChI is InChI=1S/C13H14BrN3O3S/c1-17(2)12-5-3-9(14)7-11(12)16-21(19,20)10-4-6-13(18)15-8-10/h3-8,16H,1-2H3,(H,15,18). The van der Waals surface area contributed by atoms with Gasteiger partial charge in [0.15, 0.2) is 0 Å². The molecule has 0 bridgehead atoms. The number of aromatic amines is 1. The number of rotatable bonds is 4. The summed E-state index contributed by atoms with van der Waals surface area (Å²) in [6.07, 6.45) is 1.16. The van der Waals surface area contributed by atoms with E-state index in [1.807, 2.05) is 20.2 Å². The van der Waals surface area contributed by atoms with Crippen LogP contribution in [-0.2, 0) is 10.0 Å². The Hall–Kier alpha value is -1.80. The number of halogens is 1. The van der Waals surface area contributed by atoms with E-state index in [-0.39, 0.29) is 10.5 Å². The lowest BCUT2D eigenvalue weighted by Crippen LogP contribution is -2.18. The molecule has 0 unspecified atom stereocenters. The van der Waals surface area contributed by atoms with E-state index in [0.29, 0.717) is 5.69 Å². The van der Waals surface area contributed by atoms with Crippen molar-refractivity contribution in [2.75, 3.05) is 23.7 Å². The molecular formula is C13H14BrN3O3S. The van der Waals surface area contributed by atoms with Gasteiger partial charge in [-0.05, 0) is 24.3 Å². The van der Waals surface area contributed by atoms with E-state index < -0.39 is 10.0 Å². The summed E-state index contributed by atoms with van der Waals surface area (Å²) in [6, 6.07) is 7.73. The zero-order valence-corrected chi connectivity index (χ0v) is 13.8. The Bertz CT molecular complexity index is 795. The summed E-state index contributed by atoms with van der Waals surface area (Å²) < 4.78 is 27.9. The van der Waals surface area contributed by atoms with Crippen LogP contribution >= 0.6 is 15.9 Å². The summed E-state index contributed by atoms with van der Waals surface area (Å²) >= 11 is 3.32. The van der Waals surface area contributed by atoms with Gasteiger partial charge in [-0.15, -0.1) is 0 Å². The number of nitrogens with one attached hydrogen (secondary N) is 2. The van der Waals surface area contributed by atoms with Gasteiger partial charge in [0, 0.05) is 30.8 Å². The molecule has 112 valence electrons. The molecule has 0 saturated carbocycles. The fraction of sp³-hybridized carbons (Fsp3) is 0.154. The number of benzene rings is 1. The molecule has 0 aliphatic carbocycles. The predicted molar refractivity (Wildman–Crippen MR) is 86.3 cm³/mol. The van der Waals surface area contributed by atoms with Gasteiger partial charge in [-0.3, -0.25) is 9.52 Å². The third-order valence-electron chi connectivity index (χ3n) is 2.75. The van der Waals surface area contributed by atoms with E-state index in [9.17, 15) is 13.2 Å². The van der Waals surface area contributed by atoms with Crippen LogP contribution in [0.2, 0.25) is 0 Å². The van der Waals surface area contributed by atoms with Gasteiger partial charge in [0.25, 0.3) is 10.0 Å². The van der Waals surface area contributed by atoms with Crippen LogP contribution in [-0.4, -0.2) is 27.5 Å². The number of hydrogen-bond acceptors (Lipinski definition) is 4. The molecule has 2 aromatic rings. The van der Waals surface area contributed by atoms with Gasteiger partial charge in [0.2, 0.25) is 5.56 Å². The van der Waals surface area contributed by atoms with Gasteiger partial charge in [0.1, 0.15) is 4.90 Å². The van der Waals surface area contributed by atoms with Gasteiger partial charge in [-0.2, -0.15) is 0 Å². The molecule has 2 N–H and O–H groups in total. The minimum atomic E-state index is -3.77. The molecule has 1 heterocycles. The van der Waals surface area contributed by atoms with Gasteiger partial charge in [-0.25, -0.2) is 8.42 Å². The highest BCUT2D eigenvalue weighted by molar-refractivity contribution is 9.10. The third kappa shape index (κ3) is 3.64. The molecule has 6 nitrogen and oxygen atoms in total. The Labute approximate surface area is 131 Å². The number of sulfonamides is 1. The Morgan fingerprint density at radius 1 is 1.19 bits per heavy atom. The molecule has 21 heavy (non-hydrogen) atoms. The second-order valence-corrected chi connectivity index (χ2v) is 7.15. The highest BCUT2D eigenvalue weighted by Crippen LogP contribution is 2.29. The lowest BCUT2D eigenvalue weighted by atomic mass is 10.2. The predicted octanol–water partition coefficient (Wildman–Crippen LogP) is 2.00. The number of pyridine rings is 1. The van der Waals surface area contributed by atoms with Crippen molar-refractivity contribution in [2.45, 2.75) is 4.90 Å². The highest BCUT2D eigenvalue weighted by Gasteiger charge is 2.17. The average Bonchev–Trinajstić information content (AvgIpc) is 2.38. The molecule has 0 aliphatic rings. The van der Waals surface area contributed by atoms with Crippen molar-refractivity contribution in [3.8, 4) is 0 Å². The van der Waals surface area contributed by atoms with Crippen molar-refractivity contribution >= 4 is 37.3 Å². The van der Waals surface area contributed by atoms with Crippen LogP contribution in [0.3, 0.4) is 0 Å². The van der Waals surface area contributed by atoms with E-state index in [1.165, 1.54) is 12.1 Å². The molecule has 0 saturated heterocycles. The monoisotopic (exact) mass is 371 g/mol. The van der Waals surface area contributed by atoms with Crippen LogP contribution in [0.1, 0.15) is 0 Å². The number of anilines is 2. The maximum atomic E-state index is 12.3. The van der Waals surface area contributed by atoms with Crippen molar-refractivity contribution in [2.24, 2.45) is 0 Å². The maximum absolute atomic E-state index is 12.3. The second-order valence-electron chi connectivity index (χ2n) is 4.55. The molecule has 0 radical (unpaired) electrons. The summed E-state index contributed by atoms with van der Waals surface area (Å²) in [6.45, 7) is 0. The summed E-state index contributed by atoms with van der Waals surface area (Å²) in [5.41, 5.74) is 0.817. The van der Waals surface area contributed by atoms with Crippen molar-refractivity contribution in [1.82, 2.24) is 4.98 Å². The van der Waals surface area contributed by atoms with Crippen molar-refractivity contribution in [3.63, 3.8) is 0 Å². The third-order valence-corrected chi connectivity index (χ3v) is 4.61. The SMILES string of the molecule is CN(C)c1ccc(Br)cc1NS(=O)(=O)c1ccc(=O)[nH]c1. The van der Waals surface area contributed by atoms with E-state index in [1.54, 1.807) is 17.0 Å². The number of aromatic nitrogens is 1. The summed E-state index contributed by atoms with van der Waals surface area (Å²) in [5, 5.41) is 0. The lowest BCUT2D eigenvalue weighted by molar-refractivity contribution is 0.600. The number of hydrogen-bond donors (Lipinski definition) is 2. The lowest BCUT2D eigenvalue weighted by Gasteiger charge is -2.18. The fourth-order valence-electron chi connectivity index (χ4n) is 1.75. The Kier molecular flexibility index (Phi) is 4.38. The van der Waals surface area contributed by atoms with Gasteiger partial charge in [-0.1, -0.05) is 15.9 Å². The Balaban J connectivity index is 2.43. The molecule has 2 rings (SSSR count). The van der Waals surface area contributed by atoms with Crippen LogP contribution < -0.4 is 15.2 Å². The average molecular weight is 372 g/mol. The van der Waals surface area contributed by atoms with Gasteiger partial charge < -0.3 is 9.88 Å². The first-order chi connectivity index (χ1) is 9.79. The largest absolute Gasteiger partial charge is 0.376 e. The summed E-state index contributed by atoms with van der Waals surface area (Å²) in [5.74, 6) is 0. The van der Waals surface area contributed by atoms with Crippen molar-refractivity contribution < 1.29 is 8.42 Å². The molecule has 1 aromatic carbocycles. The Morgan fingerprint density at radius 2 is 1.90 bits per heavy atom. The number of H-pyrrole nitrogens is 1. The minimum absolute atomic E-state index is 0.00761. The van der Waals surface area contributed by atoms with Gasteiger partial charge >= 0.3 is 0 Å². The van der Waals surface area contributed by atoms with E-state index >= 15 is 0 Å². The topological polar surface area (TPSA) is 82.3 Å². The Morgan fingerprint density at radius 3 is 2.48 bits per heavy atom. The molecule has 0 aliphatic heterocycles. The zero-order chi connectivity index (χ0) is 15.6. The fourth-order valence-corrected chi connectivity index (χ4v) is 3.14. The van der Waals surface area contributed by atoms with Crippen LogP contribution in [0.15, 0.2) is 50.7 Å². The summed E-state index contributed by atoms with van der Waals surface area (Å²) in [7, 11) is -0.130.